The third-order valence-corrected chi connectivity index (χ3v) is 3.78. The average Bonchev–Trinajstić information content (AvgIpc) is 3.00. The largest absolute Gasteiger partial charge is 0.487 e. The van der Waals surface area contributed by atoms with Crippen molar-refractivity contribution in [1.29, 1.82) is 0 Å². The van der Waals surface area contributed by atoms with Gasteiger partial charge in [-0.1, -0.05) is 36.4 Å². The Morgan fingerprint density at radius 2 is 2.05 bits per heavy atom. The van der Waals surface area contributed by atoms with E-state index in [1.807, 2.05) is 12.1 Å². The van der Waals surface area contributed by atoms with Crippen molar-refractivity contribution < 1.29 is 14.8 Å². The van der Waals surface area contributed by atoms with E-state index in [1.54, 1.807) is 0 Å². The van der Waals surface area contributed by atoms with Gasteiger partial charge in [0.2, 0.25) is 0 Å². The fourth-order valence-electron chi connectivity index (χ4n) is 2.71. The van der Waals surface area contributed by atoms with Crippen molar-refractivity contribution in [2.24, 2.45) is 0 Å². The number of quaternary nitrogens is 1. The Morgan fingerprint density at radius 3 is 2.95 bits per heavy atom. The first-order valence-corrected chi connectivity index (χ1v) is 7.47. The van der Waals surface area contributed by atoms with E-state index in [1.165, 1.54) is 23.6 Å². The highest BCUT2D eigenvalue weighted by atomic mass is 16.5. The van der Waals surface area contributed by atoms with Crippen molar-refractivity contribution >= 4 is 10.8 Å². The molecule has 1 heterocycles. The monoisotopic (exact) mass is 272 g/mol. The van der Waals surface area contributed by atoms with Crippen LogP contribution in [0.3, 0.4) is 0 Å². The zero-order valence-electron chi connectivity index (χ0n) is 11.8. The van der Waals surface area contributed by atoms with Gasteiger partial charge in [-0.25, -0.2) is 0 Å². The van der Waals surface area contributed by atoms with Gasteiger partial charge < -0.3 is 14.8 Å². The van der Waals surface area contributed by atoms with Gasteiger partial charge in [-0.3, -0.25) is 0 Å². The topological polar surface area (TPSA) is 35.1 Å². The van der Waals surface area contributed by atoms with Crippen molar-refractivity contribution in [2.75, 3.05) is 26.3 Å². The molecular formula is C17H22NO2+. The molecule has 1 saturated heterocycles. The molecule has 2 aromatic rings. The lowest BCUT2D eigenvalue weighted by Crippen LogP contribution is -2.87. The molecule has 1 aliphatic heterocycles. The van der Waals surface area contributed by atoms with Crippen LogP contribution in [0.25, 0.3) is 10.8 Å². The van der Waals surface area contributed by atoms with E-state index in [0.29, 0.717) is 6.10 Å². The van der Waals surface area contributed by atoms with Crippen molar-refractivity contribution in [1.82, 2.24) is 0 Å². The summed E-state index contributed by atoms with van der Waals surface area (Å²) in [6.07, 6.45) is 2.87. The maximum absolute atomic E-state index is 5.91. The van der Waals surface area contributed by atoms with Crippen LogP contribution < -0.4 is 10.1 Å². The minimum absolute atomic E-state index is 0.451. The van der Waals surface area contributed by atoms with Gasteiger partial charge >= 0.3 is 0 Å². The number of ether oxygens (including phenoxy) is 2. The molecule has 0 unspecified atom stereocenters. The number of rotatable bonds is 6. The van der Waals surface area contributed by atoms with Crippen molar-refractivity contribution in [2.45, 2.75) is 18.9 Å². The SMILES string of the molecule is c1ccc2c(OCC[NH2+]C[C@@H]3CCCO3)cccc2c1. The minimum atomic E-state index is 0.451. The first kappa shape index (κ1) is 13.4. The zero-order chi connectivity index (χ0) is 13.6. The Labute approximate surface area is 119 Å². The molecule has 2 aromatic carbocycles. The normalized spacial score (nSPS) is 18.5. The molecular weight excluding hydrogens is 250 g/mol. The molecule has 0 aromatic heterocycles. The summed E-state index contributed by atoms with van der Waals surface area (Å²) in [5, 5.41) is 4.71. The summed E-state index contributed by atoms with van der Waals surface area (Å²) in [4.78, 5) is 0. The van der Waals surface area contributed by atoms with E-state index in [4.69, 9.17) is 9.47 Å². The number of hydrogen-bond acceptors (Lipinski definition) is 2. The predicted octanol–water partition coefficient (Wildman–Crippen LogP) is 1.96. The van der Waals surface area contributed by atoms with E-state index >= 15 is 0 Å². The molecule has 3 nitrogen and oxygen atoms in total. The number of nitrogens with two attached hydrogens (primary N) is 1. The van der Waals surface area contributed by atoms with Crippen LogP contribution in [-0.4, -0.2) is 32.4 Å². The van der Waals surface area contributed by atoms with Gasteiger partial charge in [0, 0.05) is 12.0 Å². The van der Waals surface area contributed by atoms with E-state index < -0.39 is 0 Å². The molecule has 20 heavy (non-hydrogen) atoms. The van der Waals surface area contributed by atoms with Crippen molar-refractivity contribution in [3.63, 3.8) is 0 Å². The standard InChI is InChI=1S/C17H21NO2/c1-2-8-16-14(5-1)6-3-9-17(16)20-12-10-18-13-15-7-4-11-19-15/h1-3,5-6,8-9,15,18H,4,7,10-13H2/p+1/t15-/m0/s1. The van der Waals surface area contributed by atoms with Gasteiger partial charge in [-0.15, -0.1) is 0 Å². The maximum Gasteiger partial charge on any atom is 0.137 e. The lowest BCUT2D eigenvalue weighted by atomic mass is 10.1. The van der Waals surface area contributed by atoms with Gasteiger partial charge in [0.15, 0.2) is 0 Å². The van der Waals surface area contributed by atoms with Crippen LogP contribution in [0.1, 0.15) is 12.8 Å². The first-order chi connectivity index (χ1) is 9.93. The fourth-order valence-corrected chi connectivity index (χ4v) is 2.71. The molecule has 1 atom stereocenters. The molecule has 1 aliphatic rings. The molecule has 2 N–H and O–H groups in total. The first-order valence-electron chi connectivity index (χ1n) is 7.47. The Morgan fingerprint density at radius 1 is 1.15 bits per heavy atom. The lowest BCUT2D eigenvalue weighted by Gasteiger charge is -2.10. The van der Waals surface area contributed by atoms with Crippen LogP contribution in [0, 0.1) is 0 Å². The van der Waals surface area contributed by atoms with Gasteiger partial charge in [0.1, 0.15) is 31.5 Å². The van der Waals surface area contributed by atoms with Crippen LogP contribution in [0.5, 0.6) is 5.75 Å². The third kappa shape index (κ3) is 3.30. The number of fused-ring (bicyclic) bond motifs is 1. The van der Waals surface area contributed by atoms with Crippen LogP contribution in [0.15, 0.2) is 42.5 Å². The lowest BCUT2D eigenvalue weighted by molar-refractivity contribution is -0.661. The Hall–Kier alpha value is -1.58. The van der Waals surface area contributed by atoms with Crippen molar-refractivity contribution in [3.05, 3.63) is 42.5 Å². The summed E-state index contributed by atoms with van der Waals surface area (Å²) in [5.74, 6) is 0.980. The Kier molecular flexibility index (Phi) is 4.51. The molecule has 1 fully saturated rings. The summed E-state index contributed by atoms with van der Waals surface area (Å²) < 4.78 is 11.5. The second-order valence-electron chi connectivity index (χ2n) is 5.27. The summed E-state index contributed by atoms with van der Waals surface area (Å²) >= 11 is 0. The third-order valence-electron chi connectivity index (χ3n) is 3.78. The molecule has 0 amide bonds. The number of benzene rings is 2. The average molecular weight is 272 g/mol. The molecule has 0 radical (unpaired) electrons. The highest BCUT2D eigenvalue weighted by molar-refractivity contribution is 5.88. The minimum Gasteiger partial charge on any atom is -0.487 e. The van der Waals surface area contributed by atoms with Crippen LogP contribution >= 0.6 is 0 Å². The molecule has 0 saturated carbocycles. The van der Waals surface area contributed by atoms with Crippen LogP contribution in [0.4, 0.5) is 0 Å². The van der Waals surface area contributed by atoms with Gasteiger partial charge in [0.05, 0.1) is 0 Å². The zero-order valence-corrected chi connectivity index (χ0v) is 11.8. The van der Waals surface area contributed by atoms with Gasteiger partial charge in [-0.05, 0) is 24.3 Å². The molecule has 106 valence electrons. The highest BCUT2D eigenvalue weighted by Gasteiger charge is 2.16. The van der Waals surface area contributed by atoms with Gasteiger partial charge in [-0.2, -0.15) is 0 Å². The predicted molar refractivity (Wildman–Crippen MR) is 80.1 cm³/mol. The summed E-state index contributed by atoms with van der Waals surface area (Å²) in [6.45, 7) is 3.70. The second kappa shape index (κ2) is 6.73. The molecule has 3 heteroatoms. The van der Waals surface area contributed by atoms with E-state index in [-0.39, 0.29) is 0 Å². The van der Waals surface area contributed by atoms with Crippen LogP contribution in [0.2, 0.25) is 0 Å². The fraction of sp³-hybridized carbons (Fsp3) is 0.412. The molecule has 0 bridgehead atoms. The molecule has 3 rings (SSSR count). The highest BCUT2D eigenvalue weighted by Crippen LogP contribution is 2.24. The Balaban J connectivity index is 1.47. The smallest absolute Gasteiger partial charge is 0.137 e. The maximum atomic E-state index is 5.91. The molecule has 0 aliphatic carbocycles. The number of hydrogen-bond donors (Lipinski definition) is 1. The summed E-state index contributed by atoms with van der Waals surface area (Å²) in [7, 11) is 0. The van der Waals surface area contributed by atoms with Crippen LogP contribution in [-0.2, 0) is 4.74 Å². The summed E-state index contributed by atoms with van der Waals surface area (Å²) in [5.41, 5.74) is 0. The molecule has 0 spiro atoms. The Bertz CT molecular complexity index is 544. The van der Waals surface area contributed by atoms with Crippen molar-refractivity contribution in [3.8, 4) is 5.75 Å². The summed E-state index contributed by atoms with van der Waals surface area (Å²) in [6, 6.07) is 14.6. The van der Waals surface area contributed by atoms with E-state index in [2.05, 4.69) is 35.6 Å². The van der Waals surface area contributed by atoms with Gasteiger partial charge in [0.25, 0.3) is 0 Å². The quantitative estimate of drug-likeness (QED) is 0.816. The van der Waals surface area contributed by atoms with E-state index in [0.717, 1.165) is 32.1 Å². The van der Waals surface area contributed by atoms with E-state index in [9.17, 15) is 0 Å². The second-order valence-corrected chi connectivity index (χ2v) is 5.27.